The molecule has 1 aromatic carbocycles. The molecule has 146 valence electrons. The minimum absolute atomic E-state index is 0.142. The third kappa shape index (κ3) is 4.34. The number of nitrogens with one attached hydrogen (secondary N) is 1. The van der Waals surface area contributed by atoms with Crippen LogP contribution in [0.5, 0.6) is 0 Å². The Balaban J connectivity index is 1.29. The maximum Gasteiger partial charge on any atom is 0.287 e. The van der Waals surface area contributed by atoms with E-state index in [4.69, 9.17) is 8.83 Å². The van der Waals surface area contributed by atoms with E-state index < -0.39 is 0 Å². The molecule has 1 aliphatic rings. The van der Waals surface area contributed by atoms with Crippen molar-refractivity contribution in [2.75, 3.05) is 13.1 Å². The first-order chi connectivity index (χ1) is 13.6. The summed E-state index contributed by atoms with van der Waals surface area (Å²) in [7, 11) is 0. The van der Waals surface area contributed by atoms with Crippen molar-refractivity contribution < 1.29 is 13.6 Å². The number of nitrogens with zero attached hydrogens (tertiary/aromatic N) is 3. The van der Waals surface area contributed by atoms with Gasteiger partial charge in [0.1, 0.15) is 0 Å². The Hall–Kier alpha value is -2.45. The average molecular weight is 445 g/mol. The predicted molar refractivity (Wildman–Crippen MR) is 107 cm³/mol. The second-order valence-corrected chi connectivity index (χ2v) is 7.88. The highest BCUT2D eigenvalue weighted by Crippen LogP contribution is 2.22. The van der Waals surface area contributed by atoms with E-state index in [0.717, 1.165) is 41.5 Å². The number of aryl methyl sites for hydroxylation is 1. The average Bonchev–Trinajstić information content (AvgIpc) is 3.32. The molecule has 0 bridgehead atoms. The summed E-state index contributed by atoms with van der Waals surface area (Å²) in [4.78, 5) is 14.5. The van der Waals surface area contributed by atoms with Gasteiger partial charge in [-0.2, -0.15) is 0 Å². The van der Waals surface area contributed by atoms with Crippen molar-refractivity contribution in [3.05, 3.63) is 58.3 Å². The zero-order valence-corrected chi connectivity index (χ0v) is 17.1. The number of likely N-dealkylation sites (tertiary alicyclic amines) is 1. The molecule has 2 aromatic heterocycles. The fraction of sp³-hybridized carbons (Fsp3) is 0.350. The normalized spacial score (nSPS) is 15.6. The zero-order valence-electron chi connectivity index (χ0n) is 15.5. The van der Waals surface area contributed by atoms with Crippen molar-refractivity contribution in [3.8, 4) is 11.5 Å². The molecule has 4 rings (SSSR count). The lowest BCUT2D eigenvalue weighted by Crippen LogP contribution is -2.44. The zero-order chi connectivity index (χ0) is 19.5. The molecular formula is C20H21BrN4O3. The largest absolute Gasteiger partial charge is 0.459 e. The molecule has 8 heteroatoms. The summed E-state index contributed by atoms with van der Waals surface area (Å²) >= 11 is 3.45. The summed E-state index contributed by atoms with van der Waals surface area (Å²) < 4.78 is 12.0. The van der Waals surface area contributed by atoms with Crippen molar-refractivity contribution in [2.24, 2.45) is 0 Å². The van der Waals surface area contributed by atoms with Gasteiger partial charge in [0.2, 0.25) is 11.8 Å². The van der Waals surface area contributed by atoms with E-state index in [1.807, 2.05) is 31.2 Å². The Morgan fingerprint density at radius 3 is 2.82 bits per heavy atom. The van der Waals surface area contributed by atoms with Gasteiger partial charge in [0.25, 0.3) is 5.91 Å². The lowest BCUT2D eigenvalue weighted by molar-refractivity contribution is 0.0877. The summed E-state index contributed by atoms with van der Waals surface area (Å²) in [5.41, 5.74) is 1.75. The van der Waals surface area contributed by atoms with Gasteiger partial charge in [0.05, 0.1) is 12.8 Å². The molecule has 0 saturated carbocycles. The molecule has 3 heterocycles. The van der Waals surface area contributed by atoms with E-state index >= 15 is 0 Å². The molecule has 1 N–H and O–H groups in total. The van der Waals surface area contributed by atoms with Gasteiger partial charge in [-0.1, -0.05) is 22.0 Å². The van der Waals surface area contributed by atoms with Crippen LogP contribution in [0.1, 0.15) is 34.9 Å². The van der Waals surface area contributed by atoms with E-state index in [1.54, 1.807) is 12.3 Å². The van der Waals surface area contributed by atoms with E-state index in [-0.39, 0.29) is 11.9 Å². The van der Waals surface area contributed by atoms with Gasteiger partial charge in [-0.3, -0.25) is 9.69 Å². The molecule has 0 aliphatic carbocycles. The van der Waals surface area contributed by atoms with E-state index in [0.29, 0.717) is 24.1 Å². The van der Waals surface area contributed by atoms with Crippen LogP contribution in [0.4, 0.5) is 0 Å². The molecule has 1 aliphatic heterocycles. The Bertz CT molecular complexity index is 960. The highest BCUT2D eigenvalue weighted by molar-refractivity contribution is 9.10. The summed E-state index contributed by atoms with van der Waals surface area (Å²) in [5.74, 6) is 1.38. The van der Waals surface area contributed by atoms with Crippen LogP contribution in [-0.4, -0.2) is 40.1 Å². The highest BCUT2D eigenvalue weighted by atomic mass is 79.9. The maximum absolute atomic E-state index is 12.3. The lowest BCUT2D eigenvalue weighted by Gasteiger charge is -2.31. The first kappa shape index (κ1) is 18.9. The summed E-state index contributed by atoms with van der Waals surface area (Å²) in [6.45, 7) is 4.19. The van der Waals surface area contributed by atoms with E-state index in [2.05, 4.69) is 36.3 Å². The van der Waals surface area contributed by atoms with Crippen molar-refractivity contribution in [3.63, 3.8) is 0 Å². The molecule has 0 atom stereocenters. The third-order valence-electron chi connectivity index (χ3n) is 4.89. The van der Waals surface area contributed by atoms with Crippen LogP contribution >= 0.6 is 15.9 Å². The Labute approximate surface area is 171 Å². The standard InChI is InChI=1S/C20H21BrN4O3/c1-13-7-10-27-18(13)19(26)22-16-5-8-25(9-6-16)12-17-23-24-20(28-17)14-3-2-4-15(21)11-14/h2-4,7,10-11,16H,5-6,8-9,12H2,1H3,(H,22,26). The molecule has 0 radical (unpaired) electrons. The number of carbonyl (C=O) groups excluding carboxylic acids is 1. The van der Waals surface area contributed by atoms with Gasteiger partial charge in [0.15, 0.2) is 5.76 Å². The topological polar surface area (TPSA) is 84.4 Å². The van der Waals surface area contributed by atoms with Crippen molar-refractivity contribution in [1.82, 2.24) is 20.4 Å². The number of furan rings is 1. The Kier molecular flexibility index (Phi) is 5.59. The van der Waals surface area contributed by atoms with Gasteiger partial charge in [-0.25, -0.2) is 0 Å². The number of aromatic nitrogens is 2. The molecule has 28 heavy (non-hydrogen) atoms. The second kappa shape index (κ2) is 8.28. The van der Waals surface area contributed by atoms with Gasteiger partial charge < -0.3 is 14.2 Å². The summed E-state index contributed by atoms with van der Waals surface area (Å²) in [5, 5.41) is 11.4. The molecular weight excluding hydrogens is 424 g/mol. The van der Waals surface area contributed by atoms with Gasteiger partial charge in [-0.05, 0) is 44.0 Å². The van der Waals surface area contributed by atoms with Crippen LogP contribution in [0.15, 0.2) is 49.9 Å². The van der Waals surface area contributed by atoms with Crippen LogP contribution < -0.4 is 5.32 Å². The van der Waals surface area contributed by atoms with Crippen LogP contribution in [0.25, 0.3) is 11.5 Å². The molecule has 1 saturated heterocycles. The second-order valence-electron chi connectivity index (χ2n) is 6.97. The molecule has 3 aromatic rings. The first-order valence-electron chi connectivity index (χ1n) is 9.24. The number of carbonyl (C=O) groups is 1. The summed E-state index contributed by atoms with van der Waals surface area (Å²) in [6.07, 6.45) is 3.29. The lowest BCUT2D eigenvalue weighted by atomic mass is 10.0. The van der Waals surface area contributed by atoms with Gasteiger partial charge in [-0.15, -0.1) is 10.2 Å². The van der Waals surface area contributed by atoms with E-state index in [1.165, 1.54) is 0 Å². The monoisotopic (exact) mass is 444 g/mol. The van der Waals surface area contributed by atoms with Crippen molar-refractivity contribution >= 4 is 21.8 Å². The number of hydrogen-bond donors (Lipinski definition) is 1. The fourth-order valence-corrected chi connectivity index (χ4v) is 3.74. The molecule has 1 amide bonds. The number of rotatable bonds is 5. The Morgan fingerprint density at radius 2 is 2.11 bits per heavy atom. The quantitative estimate of drug-likeness (QED) is 0.644. The van der Waals surface area contributed by atoms with Gasteiger partial charge in [0, 0.05) is 34.7 Å². The smallest absolute Gasteiger partial charge is 0.287 e. The number of halogens is 1. The summed E-state index contributed by atoms with van der Waals surface area (Å²) in [6, 6.07) is 9.73. The minimum Gasteiger partial charge on any atom is -0.459 e. The maximum atomic E-state index is 12.3. The third-order valence-corrected chi connectivity index (χ3v) is 5.38. The van der Waals surface area contributed by atoms with E-state index in [9.17, 15) is 4.79 Å². The van der Waals surface area contributed by atoms with Crippen LogP contribution in [-0.2, 0) is 6.54 Å². The molecule has 0 unspecified atom stereocenters. The van der Waals surface area contributed by atoms with Gasteiger partial charge >= 0.3 is 0 Å². The molecule has 0 spiro atoms. The number of amides is 1. The van der Waals surface area contributed by atoms with Crippen LogP contribution in [0.3, 0.4) is 0 Å². The minimum atomic E-state index is -0.142. The fourth-order valence-electron chi connectivity index (χ4n) is 3.34. The molecule has 1 fully saturated rings. The van der Waals surface area contributed by atoms with Crippen molar-refractivity contribution in [1.29, 1.82) is 0 Å². The highest BCUT2D eigenvalue weighted by Gasteiger charge is 2.24. The Morgan fingerprint density at radius 1 is 1.29 bits per heavy atom. The number of piperidine rings is 1. The first-order valence-corrected chi connectivity index (χ1v) is 10.0. The number of benzene rings is 1. The van der Waals surface area contributed by atoms with Crippen LogP contribution in [0, 0.1) is 6.92 Å². The van der Waals surface area contributed by atoms with Crippen LogP contribution in [0.2, 0.25) is 0 Å². The SMILES string of the molecule is Cc1ccoc1C(=O)NC1CCN(Cc2nnc(-c3cccc(Br)c3)o2)CC1. The van der Waals surface area contributed by atoms with Crippen molar-refractivity contribution in [2.45, 2.75) is 32.4 Å². The molecule has 7 nitrogen and oxygen atoms in total. The number of hydrogen-bond acceptors (Lipinski definition) is 6. The predicted octanol–water partition coefficient (Wildman–Crippen LogP) is 3.79.